The highest BCUT2D eigenvalue weighted by Gasteiger charge is 2.23. The molecule has 98 valence electrons. The molecule has 1 aromatic rings. The van der Waals surface area contributed by atoms with Gasteiger partial charge in [-0.1, -0.05) is 24.3 Å². The van der Waals surface area contributed by atoms with Gasteiger partial charge in [0.05, 0.1) is 0 Å². The molecule has 1 N–H and O–H groups in total. The molecule has 0 radical (unpaired) electrons. The Hall–Kier alpha value is -0.120. The van der Waals surface area contributed by atoms with E-state index in [-0.39, 0.29) is 0 Å². The standard InChI is InChI=1S/C15H21NS2/c1-2-12(8-14(3-1)13-4-5-13)9-16-10-15-11-17-6-7-18-15/h1-3,8,13,15-16H,4-7,9-11H2. The average Bonchev–Trinajstić information content (AvgIpc) is 3.25. The average molecular weight is 279 g/mol. The third kappa shape index (κ3) is 3.69. The van der Waals surface area contributed by atoms with Crippen LogP contribution in [-0.4, -0.2) is 29.1 Å². The van der Waals surface area contributed by atoms with E-state index in [1.165, 1.54) is 35.7 Å². The van der Waals surface area contributed by atoms with E-state index in [0.717, 1.165) is 24.3 Å². The van der Waals surface area contributed by atoms with Crippen LogP contribution in [0, 0.1) is 0 Å². The molecule has 2 fully saturated rings. The first kappa shape index (κ1) is 12.9. The Bertz CT molecular complexity index is 384. The van der Waals surface area contributed by atoms with E-state index < -0.39 is 0 Å². The van der Waals surface area contributed by atoms with E-state index in [9.17, 15) is 0 Å². The van der Waals surface area contributed by atoms with Crippen molar-refractivity contribution >= 4 is 23.5 Å². The molecule has 1 nitrogen and oxygen atoms in total. The molecule has 0 aromatic heterocycles. The molecule has 1 unspecified atom stereocenters. The van der Waals surface area contributed by atoms with E-state index in [1.807, 2.05) is 0 Å². The highest BCUT2D eigenvalue weighted by atomic mass is 32.2. The zero-order valence-corrected chi connectivity index (χ0v) is 12.4. The molecule has 1 aliphatic carbocycles. The monoisotopic (exact) mass is 279 g/mol. The third-order valence-corrected chi connectivity index (χ3v) is 6.43. The molecule has 0 bridgehead atoms. The number of thioether (sulfide) groups is 2. The van der Waals surface area contributed by atoms with Crippen LogP contribution in [0.5, 0.6) is 0 Å². The molecule has 0 amide bonds. The lowest BCUT2D eigenvalue weighted by Gasteiger charge is -2.21. The van der Waals surface area contributed by atoms with Gasteiger partial charge in [-0.25, -0.2) is 0 Å². The van der Waals surface area contributed by atoms with Crippen molar-refractivity contribution in [2.24, 2.45) is 0 Å². The normalized spacial score (nSPS) is 24.1. The Labute approximate surface area is 119 Å². The van der Waals surface area contributed by atoms with Gasteiger partial charge in [-0.2, -0.15) is 23.5 Å². The smallest absolute Gasteiger partial charge is 0.0263 e. The molecule has 18 heavy (non-hydrogen) atoms. The van der Waals surface area contributed by atoms with Crippen molar-refractivity contribution in [1.82, 2.24) is 5.32 Å². The maximum absolute atomic E-state index is 3.62. The van der Waals surface area contributed by atoms with Crippen molar-refractivity contribution in [2.45, 2.75) is 30.6 Å². The van der Waals surface area contributed by atoms with Gasteiger partial charge >= 0.3 is 0 Å². The van der Waals surface area contributed by atoms with Crippen LogP contribution in [0.2, 0.25) is 0 Å². The number of rotatable bonds is 5. The first-order chi connectivity index (χ1) is 8.92. The van der Waals surface area contributed by atoms with Crippen LogP contribution in [0.25, 0.3) is 0 Å². The maximum Gasteiger partial charge on any atom is 0.0263 e. The minimum absolute atomic E-state index is 0.815. The van der Waals surface area contributed by atoms with Gasteiger partial charge in [-0.3, -0.25) is 0 Å². The van der Waals surface area contributed by atoms with Crippen LogP contribution in [0.1, 0.15) is 29.9 Å². The lowest BCUT2D eigenvalue weighted by Crippen LogP contribution is -2.28. The van der Waals surface area contributed by atoms with Crippen LogP contribution in [0.15, 0.2) is 24.3 Å². The summed E-state index contributed by atoms with van der Waals surface area (Å²) in [5, 5.41) is 4.44. The molecule has 0 spiro atoms. The highest BCUT2D eigenvalue weighted by molar-refractivity contribution is 8.06. The Kier molecular flexibility index (Phi) is 4.55. The number of nitrogens with one attached hydrogen (secondary N) is 1. The van der Waals surface area contributed by atoms with Crippen molar-refractivity contribution < 1.29 is 0 Å². The van der Waals surface area contributed by atoms with Gasteiger partial charge in [0.1, 0.15) is 0 Å². The summed E-state index contributed by atoms with van der Waals surface area (Å²) in [6.07, 6.45) is 2.79. The van der Waals surface area contributed by atoms with Crippen molar-refractivity contribution in [3.05, 3.63) is 35.4 Å². The lowest BCUT2D eigenvalue weighted by molar-refractivity contribution is 0.685. The summed E-state index contributed by atoms with van der Waals surface area (Å²) in [7, 11) is 0. The molecule has 1 heterocycles. The van der Waals surface area contributed by atoms with Gasteiger partial charge in [-0.05, 0) is 29.9 Å². The first-order valence-electron chi connectivity index (χ1n) is 6.91. The fraction of sp³-hybridized carbons (Fsp3) is 0.600. The minimum Gasteiger partial charge on any atom is -0.312 e. The van der Waals surface area contributed by atoms with E-state index >= 15 is 0 Å². The van der Waals surface area contributed by atoms with E-state index in [0.29, 0.717) is 0 Å². The number of benzene rings is 1. The molecule has 1 aliphatic heterocycles. The van der Waals surface area contributed by atoms with E-state index in [4.69, 9.17) is 0 Å². The largest absolute Gasteiger partial charge is 0.312 e. The van der Waals surface area contributed by atoms with Gasteiger partial charge in [0.25, 0.3) is 0 Å². The molecule has 1 saturated heterocycles. The highest BCUT2D eigenvalue weighted by Crippen LogP contribution is 2.40. The van der Waals surface area contributed by atoms with Crippen molar-refractivity contribution in [3.63, 3.8) is 0 Å². The zero-order valence-electron chi connectivity index (χ0n) is 10.7. The summed E-state index contributed by atoms with van der Waals surface area (Å²) < 4.78 is 0. The molecule has 1 saturated carbocycles. The number of hydrogen-bond acceptors (Lipinski definition) is 3. The molecule has 3 heteroatoms. The van der Waals surface area contributed by atoms with Gasteiger partial charge in [0, 0.05) is 35.6 Å². The Balaban J connectivity index is 1.45. The minimum atomic E-state index is 0.815. The van der Waals surface area contributed by atoms with Gasteiger partial charge in [0.2, 0.25) is 0 Å². The second-order valence-electron chi connectivity index (χ2n) is 5.22. The third-order valence-electron chi connectivity index (χ3n) is 3.59. The molecule has 1 aromatic carbocycles. The fourth-order valence-corrected chi connectivity index (χ4v) is 5.05. The molecule has 1 atom stereocenters. The lowest BCUT2D eigenvalue weighted by atomic mass is 10.1. The SMILES string of the molecule is c1cc(CNCC2CSCCS2)cc(C2CC2)c1. The summed E-state index contributed by atoms with van der Waals surface area (Å²) in [4.78, 5) is 0. The Morgan fingerprint density at radius 3 is 2.94 bits per heavy atom. The molecular weight excluding hydrogens is 258 g/mol. The molecule has 2 aliphatic rings. The van der Waals surface area contributed by atoms with Crippen molar-refractivity contribution in [2.75, 3.05) is 23.8 Å². The fourth-order valence-electron chi connectivity index (χ4n) is 2.41. The quantitative estimate of drug-likeness (QED) is 0.886. The second kappa shape index (κ2) is 6.36. The zero-order chi connectivity index (χ0) is 12.2. The van der Waals surface area contributed by atoms with Crippen molar-refractivity contribution in [3.8, 4) is 0 Å². The van der Waals surface area contributed by atoms with Crippen LogP contribution >= 0.6 is 23.5 Å². The van der Waals surface area contributed by atoms with Gasteiger partial charge in [0.15, 0.2) is 0 Å². The van der Waals surface area contributed by atoms with E-state index in [1.54, 1.807) is 5.56 Å². The van der Waals surface area contributed by atoms with Crippen LogP contribution in [0.3, 0.4) is 0 Å². The van der Waals surface area contributed by atoms with Crippen molar-refractivity contribution in [1.29, 1.82) is 0 Å². The van der Waals surface area contributed by atoms with Crippen LogP contribution in [-0.2, 0) is 6.54 Å². The summed E-state index contributed by atoms with van der Waals surface area (Å²) in [6, 6.07) is 9.15. The molecule has 3 rings (SSSR count). The predicted molar refractivity (Wildman–Crippen MR) is 83.7 cm³/mol. The Morgan fingerprint density at radius 1 is 1.22 bits per heavy atom. The number of hydrogen-bond donors (Lipinski definition) is 1. The van der Waals surface area contributed by atoms with Gasteiger partial charge < -0.3 is 5.32 Å². The Morgan fingerprint density at radius 2 is 2.17 bits per heavy atom. The predicted octanol–water partition coefficient (Wildman–Crippen LogP) is 3.50. The maximum atomic E-state index is 3.62. The first-order valence-corrected chi connectivity index (χ1v) is 9.11. The van der Waals surface area contributed by atoms with E-state index in [2.05, 4.69) is 53.1 Å². The second-order valence-corrected chi connectivity index (χ2v) is 7.78. The van der Waals surface area contributed by atoms with Gasteiger partial charge in [-0.15, -0.1) is 0 Å². The molecular formula is C15H21NS2. The topological polar surface area (TPSA) is 12.0 Å². The summed E-state index contributed by atoms with van der Waals surface area (Å²) in [5.41, 5.74) is 3.00. The summed E-state index contributed by atoms with van der Waals surface area (Å²) >= 11 is 4.24. The summed E-state index contributed by atoms with van der Waals surface area (Å²) in [5.74, 6) is 4.86. The van der Waals surface area contributed by atoms with Crippen LogP contribution < -0.4 is 5.32 Å². The summed E-state index contributed by atoms with van der Waals surface area (Å²) in [6.45, 7) is 2.19. The van der Waals surface area contributed by atoms with Crippen LogP contribution in [0.4, 0.5) is 0 Å².